The molecule has 0 atom stereocenters. The van der Waals surface area contributed by atoms with Gasteiger partial charge in [-0.05, 0) is 80.6 Å². The smallest absolute Gasteiger partial charge is 0.310 e. The van der Waals surface area contributed by atoms with E-state index in [-0.39, 0.29) is 13.2 Å². The van der Waals surface area contributed by atoms with Gasteiger partial charge in [0.25, 0.3) is 0 Å². The summed E-state index contributed by atoms with van der Waals surface area (Å²) in [6.07, 6.45) is 2.83. The minimum absolute atomic E-state index is 0.229. The molecular weight excluding hydrogens is 704 g/mol. The molecule has 0 N–H and O–H groups in total. The van der Waals surface area contributed by atoms with Gasteiger partial charge in [0.15, 0.2) is 0 Å². The molecule has 0 spiro atoms. The first-order valence-corrected chi connectivity index (χ1v) is 20.7. The van der Waals surface area contributed by atoms with Crippen LogP contribution in [0.5, 0.6) is 0 Å². The van der Waals surface area contributed by atoms with E-state index >= 15 is 0 Å². The van der Waals surface area contributed by atoms with Crippen LogP contribution in [0.2, 0.25) is 0 Å². The van der Waals surface area contributed by atoms with Crippen molar-refractivity contribution >= 4 is 29.8 Å². The molecule has 0 amide bonds. The van der Waals surface area contributed by atoms with Crippen LogP contribution >= 0.6 is 8.25 Å². The van der Waals surface area contributed by atoms with Crippen LogP contribution in [0, 0.1) is 0 Å². The second kappa shape index (κ2) is 17.5. The van der Waals surface area contributed by atoms with Crippen molar-refractivity contribution in [1.29, 1.82) is 0 Å². The largest absolute Gasteiger partial charge is 0.319 e. The lowest BCUT2D eigenvalue weighted by Gasteiger charge is -2.36. The molecule has 0 unspecified atom stereocenters. The standard InChI is InChI=1S/C52H47O3P/c53-56(54-39-51(35-41-17-5-1-6-18-41,36-42-19-7-2-8-20-42)49-31-29-45-25-13-15-27-47(45)33-49)55-40-52(37-43-21-9-3-10-22-43,38-44-23-11-4-12-24-44)50-32-30-46-26-14-16-28-48(46)34-50/h1-34,56H,35-40H2. The van der Waals surface area contributed by atoms with E-state index in [1.165, 1.54) is 43.8 Å². The average molecular weight is 751 g/mol. The van der Waals surface area contributed by atoms with Crippen molar-refractivity contribution in [1.82, 2.24) is 0 Å². The van der Waals surface area contributed by atoms with Gasteiger partial charge in [0.1, 0.15) is 0 Å². The highest BCUT2D eigenvalue weighted by Crippen LogP contribution is 2.41. The molecular formula is C52H47O3P. The highest BCUT2D eigenvalue weighted by Gasteiger charge is 2.37. The van der Waals surface area contributed by atoms with Gasteiger partial charge in [0.2, 0.25) is 0 Å². The zero-order valence-electron chi connectivity index (χ0n) is 31.6. The van der Waals surface area contributed by atoms with Crippen LogP contribution in [0.25, 0.3) is 21.5 Å². The van der Waals surface area contributed by atoms with E-state index in [4.69, 9.17) is 9.05 Å². The number of hydrogen-bond donors (Lipinski definition) is 0. The summed E-state index contributed by atoms with van der Waals surface area (Å²) < 4.78 is 27.5. The van der Waals surface area contributed by atoms with E-state index in [0.29, 0.717) is 25.7 Å². The van der Waals surface area contributed by atoms with Crippen molar-refractivity contribution < 1.29 is 13.6 Å². The van der Waals surface area contributed by atoms with Gasteiger partial charge in [-0.25, -0.2) is 0 Å². The molecule has 0 heterocycles. The van der Waals surface area contributed by atoms with Crippen molar-refractivity contribution in [2.45, 2.75) is 36.5 Å². The summed E-state index contributed by atoms with van der Waals surface area (Å²) in [6.45, 7) is 0.459. The molecule has 8 aromatic carbocycles. The maximum absolute atomic E-state index is 14.4. The first-order valence-electron chi connectivity index (χ1n) is 19.5. The van der Waals surface area contributed by atoms with Gasteiger partial charge in [-0.3, -0.25) is 4.57 Å². The minimum Gasteiger partial charge on any atom is -0.310 e. The molecule has 0 aliphatic carbocycles. The van der Waals surface area contributed by atoms with Crippen molar-refractivity contribution in [2.24, 2.45) is 0 Å². The highest BCUT2D eigenvalue weighted by atomic mass is 31.1. The SMILES string of the molecule is O=[PH](OCC(Cc1ccccc1)(Cc1ccccc1)c1ccc2ccccc2c1)OCC(Cc1ccccc1)(Cc1ccccc1)c1ccc2ccccc2c1. The molecule has 278 valence electrons. The van der Waals surface area contributed by atoms with E-state index in [2.05, 4.69) is 182 Å². The Morgan fingerprint density at radius 3 is 0.946 bits per heavy atom. The van der Waals surface area contributed by atoms with Gasteiger partial charge in [-0.15, -0.1) is 0 Å². The molecule has 0 fully saturated rings. The maximum atomic E-state index is 14.4. The number of hydrogen-bond acceptors (Lipinski definition) is 3. The summed E-state index contributed by atoms with van der Waals surface area (Å²) in [6, 6.07) is 72.6. The maximum Gasteiger partial charge on any atom is 0.319 e. The fourth-order valence-corrected chi connectivity index (χ4v) is 9.20. The van der Waals surface area contributed by atoms with Crippen LogP contribution in [0.15, 0.2) is 206 Å². The van der Waals surface area contributed by atoms with Crippen LogP contribution in [0.1, 0.15) is 33.4 Å². The average Bonchev–Trinajstić information content (AvgIpc) is 3.26. The molecule has 0 saturated carbocycles. The molecule has 4 heteroatoms. The van der Waals surface area contributed by atoms with Gasteiger partial charge < -0.3 is 9.05 Å². The van der Waals surface area contributed by atoms with Crippen molar-refractivity contribution in [3.05, 3.63) is 240 Å². The first kappa shape index (κ1) is 37.4. The topological polar surface area (TPSA) is 35.5 Å². The zero-order valence-corrected chi connectivity index (χ0v) is 32.6. The summed E-state index contributed by atoms with van der Waals surface area (Å²) >= 11 is 0. The van der Waals surface area contributed by atoms with Crippen molar-refractivity contribution in [3.8, 4) is 0 Å². The third-order valence-electron chi connectivity index (χ3n) is 11.2. The van der Waals surface area contributed by atoms with Crippen LogP contribution < -0.4 is 0 Å². The Hall–Kier alpha value is -5.57. The normalized spacial score (nSPS) is 12.0. The Kier molecular flexibility index (Phi) is 11.7. The molecule has 8 rings (SSSR count). The predicted octanol–water partition coefficient (Wildman–Crippen LogP) is 12.6. The summed E-state index contributed by atoms with van der Waals surface area (Å²) in [5.74, 6) is 0. The Balaban J connectivity index is 1.15. The molecule has 0 aliphatic heterocycles. The number of benzene rings is 8. The molecule has 3 nitrogen and oxygen atoms in total. The van der Waals surface area contributed by atoms with Gasteiger partial charge in [0.05, 0.1) is 13.2 Å². The molecule has 0 aromatic heterocycles. The lowest BCUT2D eigenvalue weighted by Crippen LogP contribution is -2.37. The summed E-state index contributed by atoms with van der Waals surface area (Å²) in [5, 5.41) is 4.70. The van der Waals surface area contributed by atoms with E-state index in [1.807, 2.05) is 24.3 Å². The molecule has 56 heavy (non-hydrogen) atoms. The minimum atomic E-state index is -2.97. The predicted molar refractivity (Wildman–Crippen MR) is 233 cm³/mol. The zero-order chi connectivity index (χ0) is 38.0. The monoisotopic (exact) mass is 750 g/mol. The fourth-order valence-electron chi connectivity index (χ4n) is 8.32. The summed E-state index contributed by atoms with van der Waals surface area (Å²) in [5.41, 5.74) is 6.03. The third-order valence-corrected chi connectivity index (χ3v) is 12.0. The Labute approximate surface area is 331 Å². The van der Waals surface area contributed by atoms with Gasteiger partial charge in [0, 0.05) is 10.8 Å². The van der Waals surface area contributed by atoms with Crippen LogP contribution in [0.3, 0.4) is 0 Å². The quantitative estimate of drug-likeness (QED) is 0.0923. The summed E-state index contributed by atoms with van der Waals surface area (Å²) in [4.78, 5) is 0. The van der Waals surface area contributed by atoms with Gasteiger partial charge in [-0.1, -0.05) is 206 Å². The molecule has 0 bridgehead atoms. The van der Waals surface area contributed by atoms with Gasteiger partial charge >= 0.3 is 8.25 Å². The van der Waals surface area contributed by atoms with Crippen LogP contribution in [-0.2, 0) is 50.1 Å². The first-order chi connectivity index (χ1) is 27.6. The molecule has 8 aromatic rings. The number of fused-ring (bicyclic) bond motifs is 2. The van der Waals surface area contributed by atoms with E-state index in [0.717, 1.165) is 11.1 Å². The second-order valence-corrected chi connectivity index (χ2v) is 16.2. The molecule has 0 aliphatic rings. The Bertz CT molecular complexity index is 2240. The van der Waals surface area contributed by atoms with Crippen molar-refractivity contribution in [3.63, 3.8) is 0 Å². The Morgan fingerprint density at radius 2 is 0.625 bits per heavy atom. The Morgan fingerprint density at radius 1 is 0.339 bits per heavy atom. The van der Waals surface area contributed by atoms with E-state index < -0.39 is 19.1 Å². The third kappa shape index (κ3) is 8.93. The highest BCUT2D eigenvalue weighted by molar-refractivity contribution is 7.33. The summed E-state index contributed by atoms with van der Waals surface area (Å²) in [7, 11) is -2.97. The van der Waals surface area contributed by atoms with E-state index in [9.17, 15) is 4.57 Å². The molecule has 0 saturated heterocycles. The second-order valence-electron chi connectivity index (χ2n) is 15.2. The number of rotatable bonds is 16. The lowest BCUT2D eigenvalue weighted by molar-refractivity contribution is 0.149. The molecule has 0 radical (unpaired) electrons. The van der Waals surface area contributed by atoms with Crippen LogP contribution in [0.4, 0.5) is 0 Å². The lowest BCUT2D eigenvalue weighted by atomic mass is 9.71. The van der Waals surface area contributed by atoms with Gasteiger partial charge in [-0.2, -0.15) is 0 Å². The van der Waals surface area contributed by atoms with E-state index in [1.54, 1.807) is 0 Å². The fraction of sp³-hybridized carbons (Fsp3) is 0.154. The van der Waals surface area contributed by atoms with Crippen molar-refractivity contribution in [2.75, 3.05) is 13.2 Å². The van der Waals surface area contributed by atoms with Crippen LogP contribution in [-0.4, -0.2) is 13.2 Å².